The second-order valence-electron chi connectivity index (χ2n) is 4.37. The Morgan fingerprint density at radius 3 is 2.47 bits per heavy atom. The summed E-state index contributed by atoms with van der Waals surface area (Å²) in [5.74, 6) is 0.706. The molecule has 0 bridgehead atoms. The summed E-state index contributed by atoms with van der Waals surface area (Å²) >= 11 is 2.14. The fourth-order valence-electron chi connectivity index (χ4n) is 1.48. The molecule has 0 unspecified atom stereocenters. The third-order valence-electron chi connectivity index (χ3n) is 2.71. The molecule has 0 radical (unpaired) electrons. The molecule has 19 heavy (non-hydrogen) atoms. The molecule has 4 nitrogen and oxygen atoms in total. The number of halogens is 1. The summed E-state index contributed by atoms with van der Waals surface area (Å²) in [5, 5.41) is 0. The van der Waals surface area contributed by atoms with Crippen LogP contribution in [0.5, 0.6) is 0 Å². The molecule has 0 atom stereocenters. The van der Waals surface area contributed by atoms with E-state index < -0.39 is 10.0 Å². The molecule has 0 heterocycles. The average Bonchev–Trinajstić information content (AvgIpc) is 3.13. The zero-order chi connectivity index (χ0) is 13.0. The van der Waals surface area contributed by atoms with Crippen LogP contribution in [0, 0.1) is 9.49 Å². The van der Waals surface area contributed by atoms with Crippen molar-refractivity contribution < 1.29 is 13.2 Å². The second kappa shape index (κ2) is 8.31. The van der Waals surface area contributed by atoms with Gasteiger partial charge in [0.15, 0.2) is 0 Å². The topological polar surface area (TPSA) is 55.4 Å². The fourth-order valence-corrected chi connectivity index (χ4v) is 2.85. The van der Waals surface area contributed by atoms with Crippen LogP contribution in [0.25, 0.3) is 0 Å². The Kier molecular flexibility index (Phi) is 7.81. The molecular weight excluding hydrogens is 388 g/mol. The first-order valence-corrected chi connectivity index (χ1v) is 8.47. The van der Waals surface area contributed by atoms with Crippen LogP contribution < -0.4 is 4.72 Å². The predicted octanol–water partition coefficient (Wildman–Crippen LogP) is 1.35. The number of ether oxygens (including phenoxy) is 1. The second-order valence-corrected chi connectivity index (χ2v) is 7.38. The Morgan fingerprint density at radius 2 is 1.89 bits per heavy atom. The van der Waals surface area contributed by atoms with Gasteiger partial charge in [0, 0.05) is 16.7 Å². The van der Waals surface area contributed by atoms with Crippen molar-refractivity contribution in [3.8, 4) is 0 Å². The summed E-state index contributed by atoms with van der Waals surface area (Å²) in [6.45, 7) is 1.51. The normalized spacial score (nSPS) is 15.0. The Balaban J connectivity index is 0.00000180. The van der Waals surface area contributed by atoms with Crippen LogP contribution in [0.2, 0.25) is 0 Å². The van der Waals surface area contributed by atoms with Crippen LogP contribution in [0.4, 0.5) is 0 Å². The van der Waals surface area contributed by atoms with Gasteiger partial charge in [0.25, 0.3) is 0 Å². The van der Waals surface area contributed by atoms with Crippen LogP contribution in [0.15, 0.2) is 29.2 Å². The summed E-state index contributed by atoms with van der Waals surface area (Å²) in [5.41, 5.74) is 0. The van der Waals surface area contributed by atoms with E-state index in [0.29, 0.717) is 24.0 Å². The number of rotatable bonds is 7. The summed E-state index contributed by atoms with van der Waals surface area (Å²) in [7, 11) is -3.40. The van der Waals surface area contributed by atoms with E-state index in [0.717, 1.165) is 10.2 Å². The van der Waals surface area contributed by atoms with Gasteiger partial charge in [0.2, 0.25) is 10.0 Å². The van der Waals surface area contributed by atoms with E-state index in [4.69, 9.17) is 4.74 Å². The van der Waals surface area contributed by atoms with Crippen molar-refractivity contribution in [2.45, 2.75) is 17.7 Å². The van der Waals surface area contributed by atoms with Crippen LogP contribution in [-0.4, -0.2) is 57.7 Å². The van der Waals surface area contributed by atoms with Crippen LogP contribution in [0.1, 0.15) is 12.8 Å². The molecule has 7 heteroatoms. The van der Waals surface area contributed by atoms with Gasteiger partial charge < -0.3 is 4.74 Å². The van der Waals surface area contributed by atoms with Gasteiger partial charge >= 0.3 is 29.6 Å². The predicted molar refractivity (Wildman–Crippen MR) is 85.0 cm³/mol. The molecule has 1 fully saturated rings. The summed E-state index contributed by atoms with van der Waals surface area (Å²) in [6.07, 6.45) is 2.49. The van der Waals surface area contributed by atoms with Gasteiger partial charge in [-0.3, -0.25) is 0 Å². The third-order valence-corrected chi connectivity index (χ3v) is 4.91. The molecule has 1 saturated carbocycles. The van der Waals surface area contributed by atoms with Crippen LogP contribution >= 0.6 is 22.6 Å². The Bertz CT molecular complexity index is 488. The summed E-state index contributed by atoms with van der Waals surface area (Å²) in [6, 6.07) is 6.77. The quantitative estimate of drug-likeness (QED) is 0.424. The molecule has 1 aliphatic carbocycles. The summed E-state index contributed by atoms with van der Waals surface area (Å²) in [4.78, 5) is 0.296. The zero-order valence-corrected chi connectivity index (χ0v) is 12.9. The minimum absolute atomic E-state index is 0. The molecule has 2 rings (SSSR count). The van der Waals surface area contributed by atoms with E-state index >= 15 is 0 Å². The van der Waals surface area contributed by atoms with Crippen molar-refractivity contribution in [3.63, 3.8) is 0 Å². The first kappa shape index (κ1) is 17.9. The fraction of sp³-hybridized carbons (Fsp3) is 0.500. The molecule has 0 spiro atoms. The molecule has 0 aliphatic heterocycles. The van der Waals surface area contributed by atoms with Crippen LogP contribution in [-0.2, 0) is 14.8 Å². The molecule has 1 N–H and O–H groups in total. The van der Waals surface area contributed by atoms with Gasteiger partial charge in [-0.1, -0.05) is 0 Å². The number of hydrogen-bond acceptors (Lipinski definition) is 3. The van der Waals surface area contributed by atoms with E-state index in [2.05, 4.69) is 27.3 Å². The first-order chi connectivity index (χ1) is 8.58. The average molecular weight is 405 g/mol. The molecule has 1 aromatic rings. The Hall–Kier alpha value is 0.820. The van der Waals surface area contributed by atoms with Crippen molar-refractivity contribution in [1.29, 1.82) is 0 Å². The summed E-state index contributed by atoms with van der Waals surface area (Å²) < 4.78 is 32.7. The zero-order valence-electron chi connectivity index (χ0n) is 9.93. The molecule has 102 valence electrons. The maximum absolute atomic E-state index is 11.9. The van der Waals surface area contributed by atoms with Crippen molar-refractivity contribution in [1.82, 2.24) is 4.72 Å². The van der Waals surface area contributed by atoms with Gasteiger partial charge in [0.1, 0.15) is 0 Å². The van der Waals surface area contributed by atoms with Crippen molar-refractivity contribution in [2.75, 3.05) is 19.8 Å². The van der Waals surface area contributed by atoms with Gasteiger partial charge in [-0.25, -0.2) is 13.1 Å². The number of nitrogens with one attached hydrogen (secondary N) is 1. The third kappa shape index (κ3) is 6.41. The Morgan fingerprint density at radius 1 is 1.26 bits per heavy atom. The van der Waals surface area contributed by atoms with Gasteiger partial charge in [0.05, 0.1) is 11.5 Å². The number of benzene rings is 1. The molecule has 0 amide bonds. The van der Waals surface area contributed by atoms with Gasteiger partial charge in [-0.05, 0) is 65.6 Å². The van der Waals surface area contributed by atoms with E-state index in [-0.39, 0.29) is 29.6 Å². The molecule has 1 aromatic carbocycles. The van der Waals surface area contributed by atoms with Crippen molar-refractivity contribution in [3.05, 3.63) is 27.8 Å². The number of sulfonamides is 1. The standard InChI is InChI=1S/C12H16INO3S.Na.H/c13-11-3-5-12(6-4-11)18(15,16)14-7-8-17-9-10-1-2-10;;/h3-6,10,14H,1-2,7-9H2;;. The van der Waals surface area contributed by atoms with E-state index in [1.54, 1.807) is 24.3 Å². The molecule has 1 aliphatic rings. The van der Waals surface area contributed by atoms with Gasteiger partial charge in [-0.2, -0.15) is 0 Å². The van der Waals surface area contributed by atoms with E-state index in [1.165, 1.54) is 12.8 Å². The van der Waals surface area contributed by atoms with Crippen molar-refractivity contribution in [2.24, 2.45) is 5.92 Å². The Labute approximate surface area is 150 Å². The van der Waals surface area contributed by atoms with Gasteiger partial charge in [-0.15, -0.1) is 0 Å². The van der Waals surface area contributed by atoms with E-state index in [1.807, 2.05) is 0 Å². The first-order valence-electron chi connectivity index (χ1n) is 5.91. The SMILES string of the molecule is O=S(=O)(NCCOCC1CC1)c1ccc(I)cc1.[NaH]. The minimum atomic E-state index is -3.40. The monoisotopic (exact) mass is 405 g/mol. The molecule has 0 aromatic heterocycles. The molecular formula is C12H17INNaO3S. The van der Waals surface area contributed by atoms with Crippen LogP contribution in [0.3, 0.4) is 0 Å². The maximum atomic E-state index is 11.9. The van der Waals surface area contributed by atoms with Crippen molar-refractivity contribution >= 4 is 62.2 Å². The van der Waals surface area contributed by atoms with E-state index in [9.17, 15) is 8.42 Å². The number of hydrogen-bond donors (Lipinski definition) is 1. The molecule has 0 saturated heterocycles.